The van der Waals surface area contributed by atoms with Gasteiger partial charge in [0.15, 0.2) is 0 Å². The van der Waals surface area contributed by atoms with Gasteiger partial charge >= 0.3 is 5.97 Å². The first-order valence-corrected chi connectivity index (χ1v) is 6.01. The maximum absolute atomic E-state index is 11.5. The van der Waals surface area contributed by atoms with E-state index in [0.717, 1.165) is 0 Å². The SMILES string of the molecule is CCOC(=O)CCC(=O)NC1CC(O)C1(C)C. The van der Waals surface area contributed by atoms with Crippen LogP contribution in [0.1, 0.15) is 40.0 Å². The maximum atomic E-state index is 11.5. The van der Waals surface area contributed by atoms with Crippen molar-refractivity contribution in [2.45, 2.75) is 52.2 Å². The molecule has 0 heterocycles. The molecule has 0 saturated heterocycles. The van der Waals surface area contributed by atoms with Gasteiger partial charge in [0.2, 0.25) is 5.91 Å². The smallest absolute Gasteiger partial charge is 0.306 e. The Kier molecular flexibility index (Phi) is 4.51. The van der Waals surface area contributed by atoms with E-state index in [9.17, 15) is 14.7 Å². The van der Waals surface area contributed by atoms with Crippen LogP contribution in [0.3, 0.4) is 0 Å². The molecule has 0 aromatic heterocycles. The second-order valence-corrected chi connectivity index (χ2v) is 5.00. The lowest BCUT2D eigenvalue weighted by molar-refractivity contribution is -0.145. The van der Waals surface area contributed by atoms with E-state index in [-0.39, 0.29) is 42.3 Å². The number of aliphatic hydroxyl groups excluding tert-OH is 1. The van der Waals surface area contributed by atoms with Crippen molar-refractivity contribution in [3.05, 3.63) is 0 Å². The highest BCUT2D eigenvalue weighted by Crippen LogP contribution is 2.40. The highest BCUT2D eigenvalue weighted by atomic mass is 16.5. The van der Waals surface area contributed by atoms with Gasteiger partial charge in [0, 0.05) is 17.9 Å². The molecule has 0 bridgehead atoms. The van der Waals surface area contributed by atoms with Crippen molar-refractivity contribution < 1.29 is 19.4 Å². The zero-order valence-electron chi connectivity index (χ0n) is 10.7. The van der Waals surface area contributed by atoms with Gasteiger partial charge in [-0.05, 0) is 13.3 Å². The lowest BCUT2D eigenvalue weighted by Crippen LogP contribution is -2.61. The van der Waals surface area contributed by atoms with Gasteiger partial charge in [-0.3, -0.25) is 9.59 Å². The van der Waals surface area contributed by atoms with Gasteiger partial charge < -0.3 is 15.2 Å². The molecule has 0 radical (unpaired) electrons. The zero-order chi connectivity index (χ0) is 13.1. The summed E-state index contributed by atoms with van der Waals surface area (Å²) in [4.78, 5) is 22.6. The molecule has 2 N–H and O–H groups in total. The van der Waals surface area contributed by atoms with Crippen molar-refractivity contribution in [2.24, 2.45) is 5.41 Å². The van der Waals surface area contributed by atoms with Gasteiger partial charge in [-0.1, -0.05) is 13.8 Å². The number of carbonyl (C=O) groups excluding carboxylic acids is 2. The molecule has 0 aliphatic heterocycles. The Bertz CT molecular complexity index is 301. The molecule has 5 nitrogen and oxygen atoms in total. The molecule has 1 amide bonds. The van der Waals surface area contributed by atoms with Gasteiger partial charge in [0.05, 0.1) is 19.1 Å². The molecule has 1 saturated carbocycles. The normalized spacial score (nSPS) is 25.9. The van der Waals surface area contributed by atoms with E-state index in [0.29, 0.717) is 13.0 Å². The number of rotatable bonds is 5. The first-order chi connectivity index (χ1) is 7.87. The quantitative estimate of drug-likeness (QED) is 0.693. The predicted octanol–water partition coefficient (Wildman–Crippen LogP) is 0.605. The zero-order valence-corrected chi connectivity index (χ0v) is 10.7. The average Bonchev–Trinajstić information content (AvgIpc) is 2.26. The molecule has 0 aromatic carbocycles. The van der Waals surface area contributed by atoms with E-state index in [1.54, 1.807) is 6.92 Å². The van der Waals surface area contributed by atoms with E-state index < -0.39 is 0 Å². The van der Waals surface area contributed by atoms with Crippen LogP contribution in [0.2, 0.25) is 0 Å². The van der Waals surface area contributed by atoms with Crippen LogP contribution in [0.4, 0.5) is 0 Å². The van der Waals surface area contributed by atoms with E-state index in [1.165, 1.54) is 0 Å². The molecule has 0 spiro atoms. The summed E-state index contributed by atoms with van der Waals surface area (Å²) in [5.74, 6) is -0.515. The monoisotopic (exact) mass is 243 g/mol. The average molecular weight is 243 g/mol. The Morgan fingerprint density at radius 2 is 2.06 bits per heavy atom. The lowest BCUT2D eigenvalue weighted by atomic mass is 9.64. The summed E-state index contributed by atoms with van der Waals surface area (Å²) in [6.07, 6.45) is 0.465. The topological polar surface area (TPSA) is 75.6 Å². The fourth-order valence-corrected chi connectivity index (χ4v) is 1.86. The fourth-order valence-electron chi connectivity index (χ4n) is 1.86. The Morgan fingerprint density at radius 3 is 2.53 bits per heavy atom. The van der Waals surface area contributed by atoms with Crippen LogP contribution in [-0.2, 0) is 14.3 Å². The molecule has 2 unspecified atom stereocenters. The highest BCUT2D eigenvalue weighted by molar-refractivity contribution is 5.81. The predicted molar refractivity (Wildman–Crippen MR) is 62.2 cm³/mol. The Hall–Kier alpha value is -1.10. The number of amides is 1. The third kappa shape index (κ3) is 3.43. The summed E-state index contributed by atoms with van der Waals surface area (Å²) < 4.78 is 4.74. The van der Waals surface area contributed by atoms with Crippen LogP contribution in [0.25, 0.3) is 0 Å². The van der Waals surface area contributed by atoms with E-state index in [1.807, 2.05) is 13.8 Å². The van der Waals surface area contributed by atoms with Gasteiger partial charge in [-0.2, -0.15) is 0 Å². The maximum Gasteiger partial charge on any atom is 0.306 e. The molecular weight excluding hydrogens is 222 g/mol. The molecule has 1 fully saturated rings. The molecular formula is C12H21NO4. The minimum Gasteiger partial charge on any atom is -0.466 e. The van der Waals surface area contributed by atoms with E-state index >= 15 is 0 Å². The molecule has 17 heavy (non-hydrogen) atoms. The fraction of sp³-hybridized carbons (Fsp3) is 0.833. The van der Waals surface area contributed by atoms with Crippen LogP contribution in [0.5, 0.6) is 0 Å². The number of aliphatic hydroxyl groups is 1. The number of hydrogen-bond acceptors (Lipinski definition) is 4. The van der Waals surface area contributed by atoms with Crippen LogP contribution in [0, 0.1) is 5.41 Å². The molecule has 1 aliphatic carbocycles. The van der Waals surface area contributed by atoms with Crippen LogP contribution >= 0.6 is 0 Å². The van der Waals surface area contributed by atoms with Crippen molar-refractivity contribution >= 4 is 11.9 Å². The van der Waals surface area contributed by atoms with Crippen molar-refractivity contribution in [1.29, 1.82) is 0 Å². The number of carbonyl (C=O) groups is 2. The van der Waals surface area contributed by atoms with Crippen LogP contribution in [0.15, 0.2) is 0 Å². The van der Waals surface area contributed by atoms with Crippen LogP contribution in [-0.4, -0.2) is 35.7 Å². The van der Waals surface area contributed by atoms with Crippen LogP contribution < -0.4 is 5.32 Å². The van der Waals surface area contributed by atoms with E-state index in [2.05, 4.69) is 5.32 Å². The third-order valence-electron chi connectivity index (χ3n) is 3.41. The van der Waals surface area contributed by atoms with Crippen molar-refractivity contribution in [2.75, 3.05) is 6.61 Å². The molecule has 0 aromatic rings. The van der Waals surface area contributed by atoms with Crippen molar-refractivity contribution in [1.82, 2.24) is 5.32 Å². The molecule has 1 aliphatic rings. The van der Waals surface area contributed by atoms with Crippen molar-refractivity contribution in [3.63, 3.8) is 0 Å². The minimum absolute atomic E-state index is 0.00723. The minimum atomic E-state index is -0.363. The van der Waals surface area contributed by atoms with Crippen molar-refractivity contribution in [3.8, 4) is 0 Å². The van der Waals surface area contributed by atoms with Gasteiger partial charge in [-0.25, -0.2) is 0 Å². The first-order valence-electron chi connectivity index (χ1n) is 6.01. The number of nitrogens with one attached hydrogen (secondary N) is 1. The second kappa shape index (κ2) is 5.49. The van der Waals surface area contributed by atoms with Gasteiger partial charge in [0.25, 0.3) is 0 Å². The summed E-state index contributed by atoms with van der Waals surface area (Å²) in [7, 11) is 0. The summed E-state index contributed by atoms with van der Waals surface area (Å²) >= 11 is 0. The second-order valence-electron chi connectivity index (χ2n) is 5.00. The van der Waals surface area contributed by atoms with Gasteiger partial charge in [-0.15, -0.1) is 0 Å². The Labute approximate surface area is 102 Å². The summed E-state index contributed by atoms with van der Waals surface area (Å²) in [5, 5.41) is 12.3. The molecule has 98 valence electrons. The van der Waals surface area contributed by atoms with E-state index in [4.69, 9.17) is 4.74 Å². The number of hydrogen-bond donors (Lipinski definition) is 2. The largest absolute Gasteiger partial charge is 0.466 e. The Balaban J connectivity index is 2.25. The summed E-state index contributed by atoms with van der Waals surface area (Å²) in [6, 6.07) is -0.00723. The highest BCUT2D eigenvalue weighted by Gasteiger charge is 2.47. The van der Waals surface area contributed by atoms with Gasteiger partial charge in [0.1, 0.15) is 0 Å². The number of esters is 1. The Morgan fingerprint density at radius 1 is 1.41 bits per heavy atom. The summed E-state index contributed by atoms with van der Waals surface area (Å²) in [5.41, 5.74) is -0.278. The third-order valence-corrected chi connectivity index (χ3v) is 3.41. The number of ether oxygens (including phenoxy) is 1. The lowest BCUT2D eigenvalue weighted by Gasteiger charge is -2.49. The standard InChI is InChI=1S/C12H21NO4/c1-4-17-11(16)6-5-10(15)13-8-7-9(14)12(8,2)3/h8-9,14H,4-7H2,1-3H3,(H,13,15). The molecule has 5 heteroatoms. The summed E-state index contributed by atoms with van der Waals surface area (Å²) in [6.45, 7) is 5.90. The molecule has 2 atom stereocenters. The molecule has 1 rings (SSSR count). The first kappa shape index (κ1) is 14.0.